The molecule has 0 aliphatic heterocycles. The number of nitrogens with zero attached hydrogens (tertiary/aromatic N) is 1. The summed E-state index contributed by atoms with van der Waals surface area (Å²) in [6.07, 6.45) is 1.24. The molecular formula is C7H19N3O. The molecule has 0 rings (SSSR count). The van der Waals surface area contributed by atoms with Gasteiger partial charge in [0.2, 0.25) is 0 Å². The zero-order valence-electron chi connectivity index (χ0n) is 7.42. The van der Waals surface area contributed by atoms with Crippen molar-refractivity contribution < 1.29 is 4.74 Å². The molecule has 0 aliphatic rings. The molecule has 0 aromatic carbocycles. The van der Waals surface area contributed by atoms with Crippen molar-refractivity contribution in [2.45, 2.75) is 19.4 Å². The van der Waals surface area contributed by atoms with Crippen LogP contribution < -0.4 is 11.5 Å². The van der Waals surface area contributed by atoms with E-state index in [1.807, 2.05) is 4.90 Å². The fraction of sp³-hybridized carbons (Fsp3) is 1.00. The first kappa shape index (κ1) is 10.8. The zero-order valence-corrected chi connectivity index (χ0v) is 7.42. The van der Waals surface area contributed by atoms with Crippen molar-refractivity contribution >= 4 is 0 Å². The highest BCUT2D eigenvalue weighted by atomic mass is 16.5. The third kappa shape index (κ3) is 4.31. The molecule has 0 fully saturated rings. The molecule has 0 bridgehead atoms. The predicted molar refractivity (Wildman–Crippen MR) is 45.9 cm³/mol. The van der Waals surface area contributed by atoms with Gasteiger partial charge in [0.1, 0.15) is 0 Å². The van der Waals surface area contributed by atoms with E-state index in [9.17, 15) is 0 Å². The summed E-state index contributed by atoms with van der Waals surface area (Å²) in [5.41, 5.74) is 10.9. The second-order valence-corrected chi connectivity index (χ2v) is 2.48. The normalized spacial score (nSPS) is 13.9. The van der Waals surface area contributed by atoms with E-state index in [1.165, 1.54) is 0 Å². The van der Waals surface area contributed by atoms with Crippen LogP contribution in [0, 0.1) is 0 Å². The van der Waals surface area contributed by atoms with Gasteiger partial charge in [0.25, 0.3) is 0 Å². The Morgan fingerprint density at radius 1 is 1.36 bits per heavy atom. The largest absolute Gasteiger partial charge is 0.380 e. The number of nitrogens with two attached hydrogens (primary N) is 2. The Hall–Kier alpha value is -0.160. The molecular weight excluding hydrogens is 142 g/mol. The van der Waals surface area contributed by atoms with Crippen molar-refractivity contribution in [3.05, 3.63) is 0 Å². The Bertz CT molecular complexity index is 71.8. The van der Waals surface area contributed by atoms with E-state index in [0.29, 0.717) is 13.3 Å². The number of ether oxygens (including phenoxy) is 1. The Morgan fingerprint density at radius 2 is 1.91 bits per heavy atom. The number of methoxy groups -OCH3 is 1. The Kier molecular flexibility index (Phi) is 6.45. The number of hydrogen-bond acceptors (Lipinski definition) is 4. The maximum absolute atomic E-state index is 5.43. The third-order valence-electron chi connectivity index (χ3n) is 1.77. The maximum atomic E-state index is 5.43. The highest BCUT2D eigenvalue weighted by molar-refractivity contribution is 4.60. The molecule has 0 saturated heterocycles. The topological polar surface area (TPSA) is 64.5 Å². The lowest BCUT2D eigenvalue weighted by Gasteiger charge is -2.22. The van der Waals surface area contributed by atoms with Crippen molar-refractivity contribution in [1.82, 2.24) is 4.90 Å². The maximum Gasteiger partial charge on any atom is 0.0696 e. The van der Waals surface area contributed by atoms with Crippen molar-refractivity contribution in [2.24, 2.45) is 11.5 Å². The minimum Gasteiger partial charge on any atom is -0.380 e. The SMILES string of the molecule is CCC(CN(CN)CN)OC. The Morgan fingerprint density at radius 3 is 2.18 bits per heavy atom. The highest BCUT2D eigenvalue weighted by Gasteiger charge is 2.08. The predicted octanol–water partition coefficient (Wildman–Crippen LogP) is -0.454. The quantitative estimate of drug-likeness (QED) is 0.518. The molecule has 0 aliphatic carbocycles. The molecule has 68 valence electrons. The van der Waals surface area contributed by atoms with E-state index >= 15 is 0 Å². The van der Waals surface area contributed by atoms with Gasteiger partial charge in [-0.15, -0.1) is 0 Å². The second-order valence-electron chi connectivity index (χ2n) is 2.48. The van der Waals surface area contributed by atoms with E-state index < -0.39 is 0 Å². The standard InChI is InChI=1S/C7H19N3O/c1-3-7(11-2)4-10(5-8)6-9/h7H,3-6,8-9H2,1-2H3. The molecule has 4 nitrogen and oxygen atoms in total. The minimum absolute atomic E-state index is 0.252. The molecule has 11 heavy (non-hydrogen) atoms. The van der Waals surface area contributed by atoms with Crippen LogP contribution in [0.15, 0.2) is 0 Å². The summed E-state index contributed by atoms with van der Waals surface area (Å²) in [4.78, 5) is 1.94. The molecule has 0 radical (unpaired) electrons. The summed E-state index contributed by atoms with van der Waals surface area (Å²) < 4.78 is 5.18. The van der Waals surface area contributed by atoms with E-state index in [1.54, 1.807) is 7.11 Å². The first-order valence-corrected chi connectivity index (χ1v) is 3.93. The Labute approximate surface area is 68.5 Å². The summed E-state index contributed by atoms with van der Waals surface area (Å²) in [7, 11) is 1.71. The lowest BCUT2D eigenvalue weighted by molar-refractivity contribution is 0.0628. The van der Waals surface area contributed by atoms with Crippen molar-refractivity contribution in [3.63, 3.8) is 0 Å². The zero-order chi connectivity index (χ0) is 8.69. The molecule has 1 unspecified atom stereocenters. The van der Waals surface area contributed by atoms with E-state index in [0.717, 1.165) is 13.0 Å². The average Bonchev–Trinajstić information content (AvgIpc) is 2.07. The lowest BCUT2D eigenvalue weighted by Crippen LogP contribution is -2.40. The molecule has 0 saturated carbocycles. The summed E-state index contributed by atoms with van der Waals surface area (Å²) in [6.45, 7) is 3.89. The van der Waals surface area contributed by atoms with Crippen LogP contribution >= 0.6 is 0 Å². The molecule has 4 N–H and O–H groups in total. The average molecular weight is 161 g/mol. The van der Waals surface area contributed by atoms with E-state index in [4.69, 9.17) is 16.2 Å². The molecule has 0 aromatic heterocycles. The van der Waals surface area contributed by atoms with Crippen LogP contribution in [0.5, 0.6) is 0 Å². The van der Waals surface area contributed by atoms with Crippen molar-refractivity contribution in [2.75, 3.05) is 27.0 Å². The summed E-state index contributed by atoms with van der Waals surface area (Å²) in [5.74, 6) is 0. The number of rotatable bonds is 6. The molecule has 0 aromatic rings. The smallest absolute Gasteiger partial charge is 0.0696 e. The lowest BCUT2D eigenvalue weighted by atomic mass is 10.2. The van der Waals surface area contributed by atoms with Gasteiger partial charge in [-0.05, 0) is 6.42 Å². The van der Waals surface area contributed by atoms with Crippen LogP contribution in [-0.2, 0) is 4.74 Å². The van der Waals surface area contributed by atoms with Crippen molar-refractivity contribution in [3.8, 4) is 0 Å². The van der Waals surface area contributed by atoms with Gasteiger partial charge in [-0.1, -0.05) is 6.92 Å². The molecule has 0 amide bonds. The van der Waals surface area contributed by atoms with Crippen LogP contribution in [0.1, 0.15) is 13.3 Å². The van der Waals surface area contributed by atoms with Crippen LogP contribution in [0.2, 0.25) is 0 Å². The fourth-order valence-electron chi connectivity index (χ4n) is 0.882. The molecule has 4 heteroatoms. The van der Waals surface area contributed by atoms with E-state index in [2.05, 4.69) is 6.92 Å². The summed E-state index contributed by atoms with van der Waals surface area (Å²) >= 11 is 0. The monoisotopic (exact) mass is 161 g/mol. The van der Waals surface area contributed by atoms with Gasteiger partial charge in [0.05, 0.1) is 6.10 Å². The molecule has 0 spiro atoms. The first-order valence-electron chi connectivity index (χ1n) is 3.93. The van der Waals surface area contributed by atoms with Crippen molar-refractivity contribution in [1.29, 1.82) is 0 Å². The summed E-state index contributed by atoms with van der Waals surface area (Å²) in [6, 6.07) is 0. The van der Waals surface area contributed by atoms with Gasteiger partial charge in [0, 0.05) is 27.0 Å². The fourth-order valence-corrected chi connectivity index (χ4v) is 0.882. The molecule has 1 atom stereocenters. The number of hydrogen-bond donors (Lipinski definition) is 2. The van der Waals surface area contributed by atoms with Gasteiger partial charge >= 0.3 is 0 Å². The van der Waals surface area contributed by atoms with Gasteiger partial charge in [-0.3, -0.25) is 4.90 Å². The second kappa shape index (κ2) is 6.54. The highest BCUT2D eigenvalue weighted by Crippen LogP contribution is 1.97. The van der Waals surface area contributed by atoms with Gasteiger partial charge in [-0.2, -0.15) is 0 Å². The summed E-state index contributed by atoms with van der Waals surface area (Å²) in [5, 5.41) is 0. The minimum atomic E-state index is 0.252. The third-order valence-corrected chi connectivity index (χ3v) is 1.77. The van der Waals surface area contributed by atoms with Gasteiger partial charge in [-0.25, -0.2) is 0 Å². The van der Waals surface area contributed by atoms with Gasteiger partial charge in [0.15, 0.2) is 0 Å². The first-order chi connectivity index (χ1) is 5.28. The van der Waals surface area contributed by atoms with Crippen LogP contribution in [0.4, 0.5) is 0 Å². The van der Waals surface area contributed by atoms with Gasteiger partial charge < -0.3 is 16.2 Å². The van der Waals surface area contributed by atoms with Crippen LogP contribution in [-0.4, -0.2) is 38.0 Å². The van der Waals surface area contributed by atoms with Crippen LogP contribution in [0.3, 0.4) is 0 Å². The Balaban J connectivity index is 3.58. The molecule has 0 heterocycles. The van der Waals surface area contributed by atoms with Crippen LogP contribution in [0.25, 0.3) is 0 Å². The van der Waals surface area contributed by atoms with E-state index in [-0.39, 0.29) is 6.10 Å².